The highest BCUT2D eigenvalue weighted by atomic mass is 35.5. The van der Waals surface area contributed by atoms with Crippen molar-refractivity contribution in [2.24, 2.45) is 0 Å². The second kappa shape index (κ2) is 8.73. The van der Waals surface area contributed by atoms with E-state index in [1.807, 2.05) is 38.2 Å². The molecule has 0 saturated heterocycles. The fourth-order valence-corrected chi connectivity index (χ4v) is 3.24. The van der Waals surface area contributed by atoms with E-state index >= 15 is 0 Å². The van der Waals surface area contributed by atoms with Gasteiger partial charge in [0.1, 0.15) is 5.02 Å². The van der Waals surface area contributed by atoms with Gasteiger partial charge in [0.2, 0.25) is 11.7 Å². The van der Waals surface area contributed by atoms with Crippen molar-refractivity contribution in [2.45, 2.75) is 39.3 Å². The van der Waals surface area contributed by atoms with Crippen molar-refractivity contribution < 1.29 is 19.2 Å². The van der Waals surface area contributed by atoms with Crippen molar-refractivity contribution in [1.82, 2.24) is 24.9 Å². The minimum atomic E-state index is -0.814. The molecule has 160 valence electrons. The van der Waals surface area contributed by atoms with Gasteiger partial charge in [0, 0.05) is 36.3 Å². The summed E-state index contributed by atoms with van der Waals surface area (Å²) in [7, 11) is 0. The summed E-state index contributed by atoms with van der Waals surface area (Å²) in [4.78, 5) is 19.4. The van der Waals surface area contributed by atoms with E-state index in [4.69, 9.17) is 26.0 Å². The number of carboxylic acid groups (broad SMARTS) is 1. The number of fused-ring (bicyclic) bond motifs is 1. The van der Waals surface area contributed by atoms with E-state index in [0.717, 1.165) is 16.5 Å². The number of hydrogen-bond donors (Lipinski definition) is 1. The molecular formula is C21H20ClN5O4. The summed E-state index contributed by atoms with van der Waals surface area (Å²) in [6.07, 6.45) is 4.03. The van der Waals surface area contributed by atoms with Gasteiger partial charge in [-0.05, 0) is 44.5 Å². The quantitative estimate of drug-likeness (QED) is 0.426. The lowest BCUT2D eigenvalue weighted by Gasteiger charge is -2.09. The van der Waals surface area contributed by atoms with Crippen LogP contribution in [0.25, 0.3) is 33.7 Å². The molecule has 4 rings (SSSR count). The number of pyridine rings is 1. The van der Waals surface area contributed by atoms with Crippen molar-refractivity contribution in [3.05, 3.63) is 41.7 Å². The van der Waals surface area contributed by atoms with Gasteiger partial charge in [0.05, 0.1) is 17.2 Å². The van der Waals surface area contributed by atoms with Crippen LogP contribution in [-0.4, -0.2) is 42.1 Å². The van der Waals surface area contributed by atoms with Gasteiger partial charge >= 0.3 is 5.97 Å². The second-order valence-electron chi connectivity index (χ2n) is 7.26. The average Bonchev–Trinajstić information content (AvgIpc) is 3.35. The zero-order valence-corrected chi connectivity index (χ0v) is 17.7. The number of aromatic nitrogens is 5. The molecule has 3 aromatic heterocycles. The van der Waals surface area contributed by atoms with E-state index in [1.54, 1.807) is 16.9 Å². The van der Waals surface area contributed by atoms with Gasteiger partial charge in [-0.3, -0.25) is 9.48 Å². The number of aryl methyl sites for hydroxylation is 1. The largest absolute Gasteiger partial charge is 0.481 e. The predicted molar refractivity (Wildman–Crippen MR) is 114 cm³/mol. The summed E-state index contributed by atoms with van der Waals surface area (Å²) in [5, 5.41) is 18.6. The molecule has 0 atom stereocenters. The fraction of sp³-hybridized carbons (Fsp3) is 0.286. The summed E-state index contributed by atoms with van der Waals surface area (Å²) in [6, 6.07) is 7.31. The summed E-state index contributed by atoms with van der Waals surface area (Å²) in [5.74, 6) is 0.260. The first kappa shape index (κ1) is 20.8. The molecular weight excluding hydrogens is 422 g/mol. The molecule has 1 aromatic carbocycles. The first-order valence-electron chi connectivity index (χ1n) is 9.74. The molecule has 0 aliphatic rings. The second-order valence-corrected chi connectivity index (χ2v) is 7.67. The minimum Gasteiger partial charge on any atom is -0.481 e. The average molecular weight is 442 g/mol. The van der Waals surface area contributed by atoms with Crippen molar-refractivity contribution >= 4 is 28.5 Å². The van der Waals surface area contributed by atoms with E-state index in [2.05, 4.69) is 20.2 Å². The van der Waals surface area contributed by atoms with Gasteiger partial charge in [-0.15, -0.1) is 0 Å². The van der Waals surface area contributed by atoms with E-state index in [-0.39, 0.29) is 12.5 Å². The maximum absolute atomic E-state index is 10.7. The number of halogens is 1. The van der Waals surface area contributed by atoms with Gasteiger partial charge in [0.15, 0.2) is 0 Å². The Hall–Kier alpha value is -3.46. The fourth-order valence-electron chi connectivity index (χ4n) is 3.03. The van der Waals surface area contributed by atoms with Crippen LogP contribution in [-0.2, 0) is 11.3 Å². The topological polar surface area (TPSA) is 116 Å². The molecule has 10 heteroatoms. The Morgan fingerprint density at radius 3 is 2.87 bits per heavy atom. The Morgan fingerprint density at radius 2 is 2.13 bits per heavy atom. The molecule has 0 saturated carbocycles. The minimum absolute atomic E-state index is 0.0395. The molecule has 0 spiro atoms. The van der Waals surface area contributed by atoms with Crippen molar-refractivity contribution in [2.75, 3.05) is 0 Å². The van der Waals surface area contributed by atoms with E-state index in [9.17, 15) is 4.79 Å². The highest BCUT2D eigenvalue weighted by Gasteiger charge is 2.15. The van der Waals surface area contributed by atoms with Gasteiger partial charge < -0.3 is 14.4 Å². The van der Waals surface area contributed by atoms with Crippen LogP contribution in [0.15, 0.2) is 41.2 Å². The molecule has 3 heterocycles. The monoisotopic (exact) mass is 441 g/mol. The SMILES string of the molecule is CC(C)Oc1ncc(-c2nc(-c3ccc4nn(CCCC(=O)O)cc4c3)no2)cc1Cl. The normalized spacial score (nSPS) is 11.4. The molecule has 0 radical (unpaired) electrons. The molecule has 0 fully saturated rings. The van der Waals surface area contributed by atoms with Crippen molar-refractivity contribution in [1.29, 1.82) is 0 Å². The van der Waals surface area contributed by atoms with Gasteiger partial charge in [-0.2, -0.15) is 10.1 Å². The number of hydrogen-bond acceptors (Lipinski definition) is 7. The molecule has 0 amide bonds. The van der Waals surface area contributed by atoms with Crippen molar-refractivity contribution in [3.63, 3.8) is 0 Å². The molecule has 0 bridgehead atoms. The van der Waals surface area contributed by atoms with Crippen LogP contribution in [0.5, 0.6) is 5.88 Å². The number of nitrogens with zero attached hydrogens (tertiary/aromatic N) is 5. The Balaban J connectivity index is 1.54. The molecule has 0 unspecified atom stereocenters. The number of benzene rings is 1. The van der Waals surface area contributed by atoms with Crippen LogP contribution in [0.3, 0.4) is 0 Å². The lowest BCUT2D eigenvalue weighted by molar-refractivity contribution is -0.137. The Labute approximate surface area is 182 Å². The van der Waals surface area contributed by atoms with Crippen LogP contribution in [0.4, 0.5) is 0 Å². The summed E-state index contributed by atoms with van der Waals surface area (Å²) >= 11 is 6.25. The van der Waals surface area contributed by atoms with E-state index < -0.39 is 5.97 Å². The zero-order chi connectivity index (χ0) is 22.0. The molecule has 4 aromatic rings. The zero-order valence-electron chi connectivity index (χ0n) is 16.9. The first-order chi connectivity index (χ1) is 14.9. The van der Waals surface area contributed by atoms with Gasteiger partial charge in [-0.25, -0.2) is 4.98 Å². The standard InChI is InChI=1S/C21H20ClN5O4/c1-12(2)30-21-16(22)9-14(10-23-21)20-24-19(26-31-20)13-5-6-17-15(8-13)11-27(25-17)7-3-4-18(28)29/h5-6,8-12H,3-4,7H2,1-2H3,(H,28,29). The van der Waals surface area contributed by atoms with E-state index in [0.29, 0.717) is 41.1 Å². The third kappa shape index (κ3) is 4.83. The highest BCUT2D eigenvalue weighted by Crippen LogP contribution is 2.29. The summed E-state index contributed by atoms with van der Waals surface area (Å²) in [5.41, 5.74) is 2.16. The Bertz CT molecular complexity index is 1230. The summed E-state index contributed by atoms with van der Waals surface area (Å²) in [6.45, 7) is 4.33. The third-order valence-corrected chi connectivity index (χ3v) is 4.69. The van der Waals surface area contributed by atoms with Crippen molar-refractivity contribution in [3.8, 4) is 28.7 Å². The summed E-state index contributed by atoms with van der Waals surface area (Å²) < 4.78 is 12.7. The molecule has 31 heavy (non-hydrogen) atoms. The number of carbonyl (C=O) groups is 1. The van der Waals surface area contributed by atoms with Crippen LogP contribution in [0, 0.1) is 0 Å². The lowest BCUT2D eigenvalue weighted by atomic mass is 10.1. The molecule has 0 aliphatic carbocycles. The maximum Gasteiger partial charge on any atom is 0.303 e. The predicted octanol–water partition coefficient (Wildman–Crippen LogP) is 4.45. The number of carboxylic acids is 1. The Morgan fingerprint density at radius 1 is 1.29 bits per heavy atom. The Kier molecular flexibility index (Phi) is 5.85. The van der Waals surface area contributed by atoms with Crippen LogP contribution >= 0.6 is 11.6 Å². The smallest absolute Gasteiger partial charge is 0.303 e. The van der Waals surface area contributed by atoms with Crippen LogP contribution in [0.1, 0.15) is 26.7 Å². The first-order valence-corrected chi connectivity index (χ1v) is 10.1. The number of rotatable bonds is 8. The molecule has 0 aliphatic heterocycles. The van der Waals surface area contributed by atoms with Gasteiger partial charge in [0.25, 0.3) is 5.89 Å². The van der Waals surface area contributed by atoms with Gasteiger partial charge in [-0.1, -0.05) is 16.8 Å². The lowest BCUT2D eigenvalue weighted by Crippen LogP contribution is -2.07. The number of ether oxygens (including phenoxy) is 1. The number of aliphatic carboxylic acids is 1. The third-order valence-electron chi connectivity index (χ3n) is 4.42. The highest BCUT2D eigenvalue weighted by molar-refractivity contribution is 6.32. The molecule has 9 nitrogen and oxygen atoms in total. The maximum atomic E-state index is 10.7. The molecule has 1 N–H and O–H groups in total. The van der Waals surface area contributed by atoms with E-state index in [1.165, 1.54) is 0 Å². The van der Waals surface area contributed by atoms with Crippen LogP contribution < -0.4 is 4.74 Å². The van der Waals surface area contributed by atoms with Crippen LogP contribution in [0.2, 0.25) is 5.02 Å².